The maximum atomic E-state index is 11.8. The summed E-state index contributed by atoms with van der Waals surface area (Å²) < 4.78 is 0. The molecule has 1 fully saturated rings. The quantitative estimate of drug-likeness (QED) is 0.690. The van der Waals surface area contributed by atoms with Gasteiger partial charge in [-0.3, -0.25) is 4.79 Å². The van der Waals surface area contributed by atoms with Crippen LogP contribution in [0.3, 0.4) is 0 Å². The molecule has 0 aromatic rings. The minimum absolute atomic E-state index is 0.0397. The zero-order valence-corrected chi connectivity index (χ0v) is 11.0. The van der Waals surface area contributed by atoms with E-state index < -0.39 is 11.6 Å². The summed E-state index contributed by atoms with van der Waals surface area (Å²) in [5.74, 6) is -0.964. The second-order valence-corrected chi connectivity index (χ2v) is 5.41. The second kappa shape index (κ2) is 6.04. The van der Waals surface area contributed by atoms with Crippen LogP contribution >= 0.6 is 0 Å². The number of β-amino-alcohol motifs (C(OH)–C–C–N with tert-alkyl or cyclic N) is 1. The molecular formula is C12H22N2O4. The number of nitrogens with one attached hydrogen (secondary N) is 1. The van der Waals surface area contributed by atoms with E-state index in [1.807, 2.05) is 0 Å². The topological polar surface area (TPSA) is 89.9 Å². The van der Waals surface area contributed by atoms with Crippen LogP contribution in [0.15, 0.2) is 0 Å². The van der Waals surface area contributed by atoms with Crippen molar-refractivity contribution in [1.82, 2.24) is 10.2 Å². The monoisotopic (exact) mass is 258 g/mol. The van der Waals surface area contributed by atoms with Gasteiger partial charge in [0.2, 0.25) is 0 Å². The number of carboxylic acid groups (broad SMARTS) is 1. The summed E-state index contributed by atoms with van der Waals surface area (Å²) in [7, 11) is 0. The van der Waals surface area contributed by atoms with Crippen molar-refractivity contribution in [3.63, 3.8) is 0 Å². The molecule has 6 heteroatoms. The lowest BCUT2D eigenvalue weighted by Gasteiger charge is -2.36. The van der Waals surface area contributed by atoms with Gasteiger partial charge in [-0.2, -0.15) is 0 Å². The van der Waals surface area contributed by atoms with Gasteiger partial charge in [-0.1, -0.05) is 6.92 Å². The Bertz CT molecular complexity index is 317. The Morgan fingerprint density at radius 1 is 1.50 bits per heavy atom. The van der Waals surface area contributed by atoms with Crippen LogP contribution in [0, 0.1) is 5.92 Å². The Morgan fingerprint density at radius 2 is 2.17 bits per heavy atom. The molecule has 18 heavy (non-hydrogen) atoms. The van der Waals surface area contributed by atoms with Crippen molar-refractivity contribution in [3.05, 3.63) is 0 Å². The first-order chi connectivity index (χ1) is 8.30. The molecule has 3 N–H and O–H groups in total. The summed E-state index contributed by atoms with van der Waals surface area (Å²) in [4.78, 5) is 23.9. The van der Waals surface area contributed by atoms with Crippen molar-refractivity contribution in [1.29, 1.82) is 0 Å². The average molecular weight is 258 g/mol. The van der Waals surface area contributed by atoms with Gasteiger partial charge in [-0.15, -0.1) is 0 Å². The number of carboxylic acids is 1. The Kier molecular flexibility index (Phi) is 4.95. The van der Waals surface area contributed by atoms with E-state index in [9.17, 15) is 14.7 Å². The van der Waals surface area contributed by atoms with Crippen molar-refractivity contribution in [2.75, 3.05) is 19.6 Å². The predicted octanol–water partition coefficient (Wildman–Crippen LogP) is 0.654. The van der Waals surface area contributed by atoms with Crippen molar-refractivity contribution >= 4 is 12.0 Å². The highest BCUT2D eigenvalue weighted by atomic mass is 16.4. The van der Waals surface area contributed by atoms with E-state index >= 15 is 0 Å². The van der Waals surface area contributed by atoms with E-state index in [1.54, 1.807) is 18.7 Å². The van der Waals surface area contributed by atoms with Gasteiger partial charge in [-0.25, -0.2) is 4.79 Å². The maximum Gasteiger partial charge on any atom is 0.317 e. The number of rotatable bonds is 4. The van der Waals surface area contributed by atoms with Crippen molar-refractivity contribution in [2.45, 2.75) is 38.7 Å². The van der Waals surface area contributed by atoms with Gasteiger partial charge < -0.3 is 20.4 Å². The number of hydrogen-bond donors (Lipinski definition) is 3. The summed E-state index contributed by atoms with van der Waals surface area (Å²) >= 11 is 0. The highest BCUT2D eigenvalue weighted by molar-refractivity contribution is 5.74. The number of hydrogen-bond acceptors (Lipinski definition) is 3. The zero-order chi connectivity index (χ0) is 13.8. The SMILES string of the molecule is CC(CNC(=O)N1CCCC(C)(O)C1)CC(=O)O. The zero-order valence-electron chi connectivity index (χ0n) is 11.0. The van der Waals surface area contributed by atoms with E-state index in [4.69, 9.17) is 5.11 Å². The lowest BCUT2D eigenvalue weighted by molar-refractivity contribution is -0.137. The molecule has 0 aromatic carbocycles. The summed E-state index contributed by atoms with van der Waals surface area (Å²) in [6, 6.07) is -0.229. The van der Waals surface area contributed by atoms with Gasteiger partial charge in [0.15, 0.2) is 0 Å². The number of piperidine rings is 1. The lowest BCUT2D eigenvalue weighted by atomic mass is 9.95. The van der Waals surface area contributed by atoms with Gasteiger partial charge >= 0.3 is 12.0 Å². The van der Waals surface area contributed by atoms with E-state index in [0.29, 0.717) is 26.1 Å². The number of carbonyl (C=O) groups is 2. The Hall–Kier alpha value is -1.30. The van der Waals surface area contributed by atoms with Crippen LogP contribution < -0.4 is 5.32 Å². The molecule has 0 radical (unpaired) electrons. The number of urea groups is 1. The summed E-state index contributed by atoms with van der Waals surface area (Å²) in [6.07, 6.45) is 1.52. The average Bonchev–Trinajstić information content (AvgIpc) is 2.23. The van der Waals surface area contributed by atoms with Crippen LogP contribution in [0.25, 0.3) is 0 Å². The van der Waals surface area contributed by atoms with E-state index in [2.05, 4.69) is 5.32 Å². The van der Waals surface area contributed by atoms with Gasteiger partial charge in [0.1, 0.15) is 0 Å². The number of aliphatic hydroxyl groups is 1. The molecule has 104 valence electrons. The largest absolute Gasteiger partial charge is 0.481 e. The molecule has 6 nitrogen and oxygen atoms in total. The third-order valence-electron chi connectivity index (χ3n) is 3.09. The van der Waals surface area contributed by atoms with E-state index in [-0.39, 0.29) is 18.4 Å². The predicted molar refractivity (Wildman–Crippen MR) is 66.2 cm³/mol. The molecule has 1 saturated heterocycles. The van der Waals surface area contributed by atoms with Crippen LogP contribution in [-0.4, -0.2) is 52.3 Å². The molecule has 2 atom stereocenters. The molecule has 2 amide bonds. The first-order valence-electron chi connectivity index (χ1n) is 6.27. The summed E-state index contributed by atoms with van der Waals surface area (Å²) in [5, 5.41) is 21.2. The minimum atomic E-state index is -0.863. The van der Waals surface area contributed by atoms with Gasteiger partial charge in [0.25, 0.3) is 0 Å². The fourth-order valence-electron chi connectivity index (χ4n) is 2.14. The molecule has 1 heterocycles. The third-order valence-corrected chi connectivity index (χ3v) is 3.09. The number of aliphatic carboxylic acids is 1. The Labute approximate surface area is 107 Å². The smallest absolute Gasteiger partial charge is 0.317 e. The van der Waals surface area contributed by atoms with Crippen LogP contribution in [0.5, 0.6) is 0 Å². The molecule has 0 aliphatic carbocycles. The lowest BCUT2D eigenvalue weighted by Crippen LogP contribution is -2.52. The Morgan fingerprint density at radius 3 is 2.72 bits per heavy atom. The molecule has 2 unspecified atom stereocenters. The highest BCUT2D eigenvalue weighted by Crippen LogP contribution is 2.20. The molecule has 0 spiro atoms. The van der Waals surface area contributed by atoms with Crippen molar-refractivity contribution in [3.8, 4) is 0 Å². The molecule has 1 aliphatic heterocycles. The first-order valence-corrected chi connectivity index (χ1v) is 6.27. The fraction of sp³-hybridized carbons (Fsp3) is 0.833. The second-order valence-electron chi connectivity index (χ2n) is 5.41. The summed E-state index contributed by atoms with van der Waals surface area (Å²) in [6.45, 7) is 4.80. The molecule has 1 rings (SSSR count). The van der Waals surface area contributed by atoms with E-state index in [1.165, 1.54) is 0 Å². The van der Waals surface area contributed by atoms with Gasteiger partial charge in [-0.05, 0) is 25.7 Å². The van der Waals surface area contributed by atoms with Crippen LogP contribution in [0.1, 0.15) is 33.1 Å². The molecular weight excluding hydrogens is 236 g/mol. The van der Waals surface area contributed by atoms with E-state index in [0.717, 1.165) is 6.42 Å². The molecule has 0 aromatic heterocycles. The van der Waals surface area contributed by atoms with Crippen LogP contribution in [0.4, 0.5) is 4.79 Å². The standard InChI is InChI=1S/C12H22N2O4/c1-9(6-10(15)16)7-13-11(17)14-5-3-4-12(2,18)8-14/h9,18H,3-8H2,1-2H3,(H,13,17)(H,15,16). The van der Waals surface area contributed by atoms with Crippen LogP contribution in [-0.2, 0) is 4.79 Å². The number of carbonyl (C=O) groups excluding carboxylic acids is 1. The normalized spacial score (nSPS) is 25.6. The van der Waals surface area contributed by atoms with Gasteiger partial charge in [0, 0.05) is 19.5 Å². The first kappa shape index (κ1) is 14.8. The fourth-order valence-corrected chi connectivity index (χ4v) is 2.14. The third kappa shape index (κ3) is 4.91. The molecule has 1 aliphatic rings. The number of nitrogens with zero attached hydrogens (tertiary/aromatic N) is 1. The van der Waals surface area contributed by atoms with Crippen LogP contribution in [0.2, 0.25) is 0 Å². The molecule has 0 bridgehead atoms. The Balaban J connectivity index is 2.34. The molecule has 0 saturated carbocycles. The minimum Gasteiger partial charge on any atom is -0.481 e. The van der Waals surface area contributed by atoms with Crippen molar-refractivity contribution in [2.24, 2.45) is 5.92 Å². The van der Waals surface area contributed by atoms with Crippen molar-refractivity contribution < 1.29 is 19.8 Å². The number of amides is 2. The van der Waals surface area contributed by atoms with Gasteiger partial charge in [0.05, 0.1) is 12.1 Å². The maximum absolute atomic E-state index is 11.8. The summed E-state index contributed by atoms with van der Waals surface area (Å²) in [5.41, 5.74) is -0.817. The highest BCUT2D eigenvalue weighted by Gasteiger charge is 2.30. The number of likely N-dealkylation sites (tertiary alicyclic amines) is 1.